The minimum Gasteiger partial charge on any atom is -0.291 e. The topological polar surface area (TPSA) is 22.0 Å². The van der Waals surface area contributed by atoms with Gasteiger partial charge in [-0.05, 0) is 30.7 Å². The summed E-state index contributed by atoms with van der Waals surface area (Å²) in [5.74, 6) is -0.0365. The summed E-state index contributed by atoms with van der Waals surface area (Å²) in [6.45, 7) is 2.04. The lowest BCUT2D eigenvalue weighted by atomic mass is 10.1. The van der Waals surface area contributed by atoms with Crippen LogP contribution in [0.4, 0.5) is 0 Å². The lowest BCUT2D eigenvalue weighted by molar-refractivity contribution is 0.0970. The monoisotopic (exact) mass is 211 g/mol. The Balaban J connectivity index is 2.10. The normalized spacial score (nSPS) is 10.8. The van der Waals surface area contributed by atoms with Crippen molar-refractivity contribution >= 4 is 12.0 Å². The molecule has 0 unspecified atom stereocenters. The van der Waals surface area contributed by atoms with Crippen LogP contribution in [0.1, 0.15) is 15.9 Å². The maximum Gasteiger partial charge on any atom is 0.254 e. The van der Waals surface area contributed by atoms with E-state index in [4.69, 9.17) is 0 Å². The smallest absolute Gasteiger partial charge is 0.254 e. The molecule has 0 aliphatic carbocycles. The molecule has 0 aliphatic heterocycles. The van der Waals surface area contributed by atoms with Crippen LogP contribution in [-0.4, -0.2) is 10.5 Å². The summed E-state index contributed by atoms with van der Waals surface area (Å²) in [6.07, 6.45) is 6.87. The standard InChI is InChI=1S/C14H13NO/c1-12-4-6-13(7-5-12)8-9-14(16)15-10-2-3-11-15/h2-11H,1H3/b9-8+. The van der Waals surface area contributed by atoms with Crippen molar-refractivity contribution in [2.75, 3.05) is 0 Å². The number of rotatable bonds is 2. The fourth-order valence-electron chi connectivity index (χ4n) is 1.41. The van der Waals surface area contributed by atoms with Gasteiger partial charge in [-0.15, -0.1) is 0 Å². The third-order valence-corrected chi connectivity index (χ3v) is 2.35. The van der Waals surface area contributed by atoms with Gasteiger partial charge in [0.05, 0.1) is 0 Å². The van der Waals surface area contributed by atoms with Crippen LogP contribution in [-0.2, 0) is 0 Å². The maximum absolute atomic E-state index is 11.6. The van der Waals surface area contributed by atoms with Crippen molar-refractivity contribution in [1.82, 2.24) is 4.57 Å². The Kier molecular flexibility index (Phi) is 3.01. The van der Waals surface area contributed by atoms with E-state index in [0.29, 0.717) is 0 Å². The number of hydrogen-bond acceptors (Lipinski definition) is 1. The van der Waals surface area contributed by atoms with Crippen LogP contribution in [0.15, 0.2) is 54.9 Å². The molecule has 0 N–H and O–H groups in total. The highest BCUT2D eigenvalue weighted by molar-refractivity contribution is 5.93. The number of allylic oxidation sites excluding steroid dienone is 1. The first-order valence-corrected chi connectivity index (χ1v) is 5.18. The lowest BCUT2D eigenvalue weighted by Gasteiger charge is -1.96. The first-order chi connectivity index (χ1) is 7.75. The molecule has 0 fully saturated rings. The van der Waals surface area contributed by atoms with Crippen LogP contribution < -0.4 is 0 Å². The van der Waals surface area contributed by atoms with E-state index in [1.807, 2.05) is 49.4 Å². The molecular formula is C14H13NO. The summed E-state index contributed by atoms with van der Waals surface area (Å²) >= 11 is 0. The number of nitrogens with zero attached hydrogens (tertiary/aromatic N) is 1. The second-order valence-electron chi connectivity index (χ2n) is 3.67. The van der Waals surface area contributed by atoms with Crippen LogP contribution in [0.2, 0.25) is 0 Å². The summed E-state index contributed by atoms with van der Waals surface area (Å²) in [4.78, 5) is 11.6. The summed E-state index contributed by atoms with van der Waals surface area (Å²) in [5.41, 5.74) is 2.25. The molecule has 1 heterocycles. The second kappa shape index (κ2) is 4.62. The molecule has 2 rings (SSSR count). The number of aryl methyl sites for hydroxylation is 1. The Morgan fingerprint density at radius 3 is 2.38 bits per heavy atom. The average Bonchev–Trinajstić information content (AvgIpc) is 2.81. The molecule has 1 aromatic carbocycles. The predicted octanol–water partition coefficient (Wildman–Crippen LogP) is 3.15. The molecular weight excluding hydrogens is 198 g/mol. The number of carbonyl (C=O) groups is 1. The van der Waals surface area contributed by atoms with Gasteiger partial charge in [0, 0.05) is 18.5 Å². The third kappa shape index (κ3) is 2.48. The molecule has 2 aromatic rings. The van der Waals surface area contributed by atoms with E-state index in [1.165, 1.54) is 5.56 Å². The van der Waals surface area contributed by atoms with E-state index in [-0.39, 0.29) is 5.91 Å². The highest BCUT2D eigenvalue weighted by Gasteiger charge is 1.96. The Hall–Kier alpha value is -2.09. The van der Waals surface area contributed by atoms with Gasteiger partial charge < -0.3 is 0 Å². The number of aromatic nitrogens is 1. The molecule has 0 radical (unpaired) electrons. The minimum absolute atomic E-state index is 0.0365. The van der Waals surface area contributed by atoms with Gasteiger partial charge in [-0.1, -0.05) is 29.8 Å². The minimum atomic E-state index is -0.0365. The molecule has 16 heavy (non-hydrogen) atoms. The molecule has 0 amide bonds. The van der Waals surface area contributed by atoms with Gasteiger partial charge in [0.2, 0.25) is 0 Å². The quantitative estimate of drug-likeness (QED) is 0.699. The molecule has 1 aromatic heterocycles. The molecule has 0 aliphatic rings. The van der Waals surface area contributed by atoms with E-state index in [9.17, 15) is 4.79 Å². The van der Waals surface area contributed by atoms with Gasteiger partial charge >= 0.3 is 0 Å². The summed E-state index contributed by atoms with van der Waals surface area (Å²) in [5, 5.41) is 0. The van der Waals surface area contributed by atoms with Crippen molar-refractivity contribution in [2.45, 2.75) is 6.92 Å². The van der Waals surface area contributed by atoms with Gasteiger partial charge in [0.25, 0.3) is 5.91 Å². The zero-order chi connectivity index (χ0) is 11.4. The fourth-order valence-corrected chi connectivity index (χ4v) is 1.41. The Morgan fingerprint density at radius 1 is 1.12 bits per heavy atom. The van der Waals surface area contributed by atoms with Crippen molar-refractivity contribution in [3.05, 3.63) is 66.0 Å². The van der Waals surface area contributed by atoms with Gasteiger partial charge in [0.1, 0.15) is 0 Å². The first kappa shape index (κ1) is 10.4. The largest absolute Gasteiger partial charge is 0.291 e. The molecule has 2 nitrogen and oxygen atoms in total. The molecule has 0 atom stereocenters. The Labute approximate surface area is 94.8 Å². The molecule has 0 saturated heterocycles. The van der Waals surface area contributed by atoms with Crippen LogP contribution in [0.5, 0.6) is 0 Å². The van der Waals surface area contributed by atoms with Crippen molar-refractivity contribution in [2.24, 2.45) is 0 Å². The van der Waals surface area contributed by atoms with Crippen LogP contribution >= 0.6 is 0 Å². The zero-order valence-electron chi connectivity index (χ0n) is 9.13. The molecule has 80 valence electrons. The van der Waals surface area contributed by atoms with Crippen LogP contribution in [0.25, 0.3) is 6.08 Å². The van der Waals surface area contributed by atoms with Crippen LogP contribution in [0.3, 0.4) is 0 Å². The molecule has 0 spiro atoms. The van der Waals surface area contributed by atoms with Crippen molar-refractivity contribution < 1.29 is 4.79 Å². The van der Waals surface area contributed by atoms with Crippen molar-refractivity contribution in [3.8, 4) is 0 Å². The number of benzene rings is 1. The van der Waals surface area contributed by atoms with E-state index >= 15 is 0 Å². The fraction of sp³-hybridized carbons (Fsp3) is 0.0714. The highest BCUT2D eigenvalue weighted by atomic mass is 16.1. The zero-order valence-corrected chi connectivity index (χ0v) is 9.13. The second-order valence-corrected chi connectivity index (χ2v) is 3.67. The third-order valence-electron chi connectivity index (χ3n) is 2.35. The van der Waals surface area contributed by atoms with E-state index in [2.05, 4.69) is 0 Å². The number of carbonyl (C=O) groups excluding carboxylic acids is 1. The van der Waals surface area contributed by atoms with Gasteiger partial charge in [-0.3, -0.25) is 9.36 Å². The van der Waals surface area contributed by atoms with Gasteiger partial charge in [0.15, 0.2) is 0 Å². The number of hydrogen-bond donors (Lipinski definition) is 0. The van der Waals surface area contributed by atoms with E-state index < -0.39 is 0 Å². The SMILES string of the molecule is Cc1ccc(/C=C/C(=O)n2cccc2)cc1. The summed E-state index contributed by atoms with van der Waals surface area (Å²) in [7, 11) is 0. The van der Waals surface area contributed by atoms with Gasteiger partial charge in [-0.2, -0.15) is 0 Å². The Morgan fingerprint density at radius 2 is 1.75 bits per heavy atom. The predicted molar refractivity (Wildman–Crippen MR) is 65.3 cm³/mol. The molecule has 2 heteroatoms. The average molecular weight is 211 g/mol. The van der Waals surface area contributed by atoms with Gasteiger partial charge in [-0.25, -0.2) is 0 Å². The highest BCUT2D eigenvalue weighted by Crippen LogP contribution is 2.05. The summed E-state index contributed by atoms with van der Waals surface area (Å²) in [6, 6.07) is 11.7. The van der Waals surface area contributed by atoms with Crippen molar-refractivity contribution in [3.63, 3.8) is 0 Å². The van der Waals surface area contributed by atoms with Crippen molar-refractivity contribution in [1.29, 1.82) is 0 Å². The van der Waals surface area contributed by atoms with E-state index in [1.54, 1.807) is 23.0 Å². The molecule has 0 bridgehead atoms. The Bertz CT molecular complexity index is 492. The molecule has 0 saturated carbocycles. The summed E-state index contributed by atoms with van der Waals surface area (Å²) < 4.78 is 1.55. The maximum atomic E-state index is 11.6. The lowest BCUT2D eigenvalue weighted by Crippen LogP contribution is -2.03. The first-order valence-electron chi connectivity index (χ1n) is 5.18. The van der Waals surface area contributed by atoms with Crippen LogP contribution in [0, 0.1) is 6.92 Å². The van der Waals surface area contributed by atoms with E-state index in [0.717, 1.165) is 5.56 Å².